The molecule has 0 fully saturated rings. The number of aromatic nitrogens is 6. The minimum Gasteiger partial charge on any atom is -0.422 e. The molecule has 0 saturated carbocycles. The largest absolute Gasteiger partial charge is 0.422 e. The van der Waals surface area contributed by atoms with Gasteiger partial charge in [0.15, 0.2) is 11.5 Å². The molecule has 10 nitrogen and oxygen atoms in total. The Morgan fingerprint density at radius 3 is 2.47 bits per heavy atom. The van der Waals surface area contributed by atoms with E-state index >= 15 is 0 Å². The van der Waals surface area contributed by atoms with Crippen molar-refractivity contribution in [1.29, 1.82) is 0 Å². The Labute approximate surface area is 204 Å². The van der Waals surface area contributed by atoms with Crippen molar-refractivity contribution in [3.8, 4) is 34.3 Å². The fourth-order valence-electron chi connectivity index (χ4n) is 3.97. The highest BCUT2D eigenvalue weighted by molar-refractivity contribution is 6.04. The van der Waals surface area contributed by atoms with Crippen LogP contribution in [-0.2, 0) is 0 Å². The molecule has 0 aliphatic heterocycles. The third kappa shape index (κ3) is 3.70. The third-order valence-corrected chi connectivity index (χ3v) is 5.81. The zero-order chi connectivity index (χ0) is 24.6. The quantitative estimate of drug-likeness (QED) is 0.352. The lowest BCUT2D eigenvalue weighted by Gasteiger charge is -2.13. The summed E-state index contributed by atoms with van der Waals surface area (Å²) < 4.78 is 12.3. The van der Waals surface area contributed by atoms with Crippen LogP contribution in [0.3, 0.4) is 0 Å². The summed E-state index contributed by atoms with van der Waals surface area (Å²) in [6.07, 6.45) is 4.68. The predicted octanol–water partition coefficient (Wildman–Crippen LogP) is 4.56. The van der Waals surface area contributed by atoms with Crippen molar-refractivity contribution in [3.63, 3.8) is 0 Å². The van der Waals surface area contributed by atoms with E-state index in [9.17, 15) is 4.79 Å². The molecular weight excluding hydrogens is 458 g/mol. The van der Waals surface area contributed by atoms with Crippen molar-refractivity contribution in [3.05, 3.63) is 85.0 Å². The van der Waals surface area contributed by atoms with E-state index in [4.69, 9.17) is 13.9 Å². The summed E-state index contributed by atoms with van der Waals surface area (Å²) in [5, 5.41) is 11.6. The number of carbonyl (C=O) groups is 1. The van der Waals surface area contributed by atoms with Crippen LogP contribution >= 0.6 is 0 Å². The average molecular weight is 477 g/mol. The van der Waals surface area contributed by atoms with Crippen LogP contribution in [0.15, 0.2) is 88.4 Å². The summed E-state index contributed by atoms with van der Waals surface area (Å²) in [6, 6.07) is 18.6. The summed E-state index contributed by atoms with van der Waals surface area (Å²) in [4.78, 5) is 24.6. The summed E-state index contributed by atoms with van der Waals surface area (Å²) in [5.41, 5.74) is 5.06. The Balaban J connectivity index is 1.51. The molecule has 36 heavy (non-hydrogen) atoms. The lowest BCUT2D eigenvalue weighted by molar-refractivity contribution is 0.0965. The molecule has 0 amide bonds. The van der Waals surface area contributed by atoms with Crippen molar-refractivity contribution < 1.29 is 13.7 Å². The van der Waals surface area contributed by atoms with Crippen LogP contribution in [0.4, 0.5) is 5.69 Å². The lowest BCUT2D eigenvalue weighted by Crippen LogP contribution is -2.14. The van der Waals surface area contributed by atoms with Crippen LogP contribution in [0, 0.1) is 0 Å². The highest BCUT2D eigenvalue weighted by Gasteiger charge is 2.24. The maximum atomic E-state index is 13.8. The van der Waals surface area contributed by atoms with Gasteiger partial charge in [0.2, 0.25) is 12.2 Å². The Morgan fingerprint density at radius 1 is 0.944 bits per heavy atom. The summed E-state index contributed by atoms with van der Waals surface area (Å²) in [5.74, 6) is 0.573. The smallest absolute Gasteiger partial charge is 0.269 e. The molecule has 0 N–H and O–H groups in total. The van der Waals surface area contributed by atoms with E-state index in [0.29, 0.717) is 33.9 Å². The topological polar surface area (TPSA) is 116 Å². The first-order valence-corrected chi connectivity index (χ1v) is 11.1. The van der Waals surface area contributed by atoms with E-state index in [1.165, 1.54) is 11.0 Å². The molecule has 0 saturated heterocycles. The van der Waals surface area contributed by atoms with Gasteiger partial charge < -0.3 is 13.8 Å². The van der Waals surface area contributed by atoms with Gasteiger partial charge in [0.25, 0.3) is 11.8 Å². The maximum Gasteiger partial charge on any atom is 0.269 e. The van der Waals surface area contributed by atoms with Gasteiger partial charge >= 0.3 is 0 Å². The number of imidazole rings is 1. The van der Waals surface area contributed by atoms with E-state index in [1.807, 2.05) is 61.5 Å². The van der Waals surface area contributed by atoms with E-state index in [0.717, 1.165) is 16.8 Å². The molecule has 6 aromatic rings. The molecule has 0 aliphatic carbocycles. The standard InChI is InChI=1S/C26H19N7O3/c1-32(2)19-6-3-17(4-7-19)26(34)33-22-8-5-18(16-9-11-27-12-10-16)13-20(22)29-24(33)23-14-21(31-36-23)25-30-28-15-35-25/h3-15H,1-2H3. The number of hydrogen-bond acceptors (Lipinski definition) is 9. The number of rotatable bonds is 5. The van der Waals surface area contributed by atoms with E-state index in [-0.39, 0.29) is 11.8 Å². The fourth-order valence-corrected chi connectivity index (χ4v) is 3.97. The van der Waals surface area contributed by atoms with Gasteiger partial charge in [0.05, 0.1) is 11.0 Å². The van der Waals surface area contributed by atoms with Crippen LogP contribution in [0.1, 0.15) is 10.4 Å². The van der Waals surface area contributed by atoms with Crippen molar-refractivity contribution in [1.82, 2.24) is 29.9 Å². The molecule has 4 aromatic heterocycles. The van der Waals surface area contributed by atoms with Crippen molar-refractivity contribution >= 4 is 22.6 Å². The summed E-state index contributed by atoms with van der Waals surface area (Å²) in [6.45, 7) is 0. The molecule has 0 spiro atoms. The number of pyridine rings is 1. The van der Waals surface area contributed by atoms with Gasteiger partial charge in [-0.15, -0.1) is 10.2 Å². The van der Waals surface area contributed by atoms with Crippen LogP contribution in [-0.4, -0.2) is 49.9 Å². The highest BCUT2D eigenvalue weighted by Crippen LogP contribution is 2.31. The van der Waals surface area contributed by atoms with Crippen molar-refractivity contribution in [2.24, 2.45) is 0 Å². The van der Waals surface area contributed by atoms with Crippen LogP contribution < -0.4 is 4.90 Å². The van der Waals surface area contributed by atoms with Crippen molar-refractivity contribution in [2.45, 2.75) is 0 Å². The SMILES string of the molecule is CN(C)c1ccc(C(=O)n2c(-c3cc(-c4nnco4)no3)nc3cc(-c4ccncc4)ccc32)cc1. The summed E-state index contributed by atoms with van der Waals surface area (Å²) in [7, 11) is 3.90. The second kappa shape index (κ2) is 8.58. The molecule has 176 valence electrons. The number of nitrogens with zero attached hydrogens (tertiary/aromatic N) is 7. The molecule has 4 heterocycles. The van der Waals surface area contributed by atoms with Crippen LogP contribution in [0.25, 0.3) is 45.3 Å². The molecule has 0 unspecified atom stereocenters. The zero-order valence-corrected chi connectivity index (χ0v) is 19.4. The molecule has 0 aliphatic rings. The first kappa shape index (κ1) is 21.4. The predicted molar refractivity (Wildman–Crippen MR) is 132 cm³/mol. The number of benzene rings is 2. The maximum absolute atomic E-state index is 13.8. The molecule has 6 rings (SSSR count). The van der Waals surface area contributed by atoms with E-state index in [1.54, 1.807) is 30.6 Å². The number of hydrogen-bond donors (Lipinski definition) is 0. The monoisotopic (exact) mass is 477 g/mol. The molecule has 2 aromatic carbocycles. The number of carbonyl (C=O) groups excluding carboxylic acids is 1. The lowest BCUT2D eigenvalue weighted by atomic mass is 10.1. The normalized spacial score (nSPS) is 11.2. The van der Waals surface area contributed by atoms with Gasteiger partial charge in [-0.05, 0) is 59.7 Å². The number of fused-ring (bicyclic) bond motifs is 1. The van der Waals surface area contributed by atoms with Gasteiger partial charge in [-0.1, -0.05) is 11.2 Å². The Morgan fingerprint density at radius 2 is 1.75 bits per heavy atom. The van der Waals surface area contributed by atoms with Gasteiger partial charge in [-0.2, -0.15) is 0 Å². The third-order valence-electron chi connectivity index (χ3n) is 5.81. The molecule has 0 radical (unpaired) electrons. The van der Waals surface area contributed by atoms with Gasteiger partial charge in [0.1, 0.15) is 0 Å². The van der Waals surface area contributed by atoms with Crippen LogP contribution in [0.5, 0.6) is 0 Å². The van der Waals surface area contributed by atoms with Gasteiger partial charge in [-0.25, -0.2) is 4.98 Å². The molecule has 10 heteroatoms. The minimum atomic E-state index is -0.245. The fraction of sp³-hybridized carbons (Fsp3) is 0.0769. The van der Waals surface area contributed by atoms with Crippen molar-refractivity contribution in [2.75, 3.05) is 19.0 Å². The van der Waals surface area contributed by atoms with Crippen LogP contribution in [0.2, 0.25) is 0 Å². The van der Waals surface area contributed by atoms with E-state index < -0.39 is 0 Å². The Bertz CT molecular complexity index is 1670. The first-order valence-electron chi connectivity index (χ1n) is 11.1. The average Bonchev–Trinajstić information content (AvgIpc) is 3.68. The second-order valence-electron chi connectivity index (χ2n) is 8.28. The first-order chi connectivity index (χ1) is 17.6. The summed E-state index contributed by atoms with van der Waals surface area (Å²) >= 11 is 0. The second-order valence-corrected chi connectivity index (χ2v) is 8.28. The highest BCUT2D eigenvalue weighted by atomic mass is 16.5. The van der Waals surface area contributed by atoms with E-state index in [2.05, 4.69) is 20.3 Å². The van der Waals surface area contributed by atoms with Gasteiger partial charge in [0, 0.05) is 43.8 Å². The minimum absolute atomic E-state index is 0.207. The molecule has 0 atom stereocenters. The zero-order valence-electron chi connectivity index (χ0n) is 19.4. The number of anilines is 1. The molecular formula is C26H19N7O3. The Hall–Kier alpha value is -5.12. The Kier molecular flexibility index (Phi) is 5.11. The molecule has 0 bridgehead atoms. The van der Waals surface area contributed by atoms with Gasteiger partial charge in [-0.3, -0.25) is 14.3 Å².